The zero-order chi connectivity index (χ0) is 13.0. The lowest BCUT2D eigenvalue weighted by Gasteiger charge is -2.22. The minimum Gasteiger partial charge on any atom is -0.371 e. The number of halogens is 1. The molecule has 0 aliphatic carbocycles. The van der Waals surface area contributed by atoms with Crippen molar-refractivity contribution in [1.82, 2.24) is 5.32 Å². The van der Waals surface area contributed by atoms with Crippen molar-refractivity contribution in [2.45, 2.75) is 33.2 Å². The first-order chi connectivity index (χ1) is 8.74. The van der Waals surface area contributed by atoms with Crippen molar-refractivity contribution < 1.29 is 0 Å². The molecule has 1 aromatic carbocycles. The Balaban J connectivity index is 2.16. The molecule has 0 radical (unpaired) electrons. The Kier molecular flexibility index (Phi) is 4.90. The van der Waals surface area contributed by atoms with E-state index in [1.165, 1.54) is 37.2 Å². The number of nitrogens with one attached hydrogen (secondary N) is 1. The Bertz CT molecular complexity index is 392. The predicted octanol–water partition coefficient (Wildman–Crippen LogP) is 3.69. The van der Waals surface area contributed by atoms with Gasteiger partial charge in [-0.05, 0) is 42.6 Å². The van der Waals surface area contributed by atoms with Gasteiger partial charge in [0.05, 0.1) is 0 Å². The molecule has 0 bridgehead atoms. The third-order valence-electron chi connectivity index (χ3n) is 3.81. The van der Waals surface area contributed by atoms with Gasteiger partial charge in [0.15, 0.2) is 0 Å². The number of hydrogen-bond acceptors (Lipinski definition) is 2. The van der Waals surface area contributed by atoms with Crippen LogP contribution in [0.3, 0.4) is 0 Å². The molecule has 3 heteroatoms. The molecule has 1 aromatic rings. The van der Waals surface area contributed by atoms with Crippen molar-refractivity contribution in [3.8, 4) is 0 Å². The smallest absolute Gasteiger partial charge is 0.0412 e. The molecule has 0 amide bonds. The molecule has 2 rings (SSSR count). The van der Waals surface area contributed by atoms with Crippen LogP contribution in [0.4, 0.5) is 5.69 Å². The first-order valence-corrected chi connectivity index (χ1v) is 7.36. The van der Waals surface area contributed by atoms with Gasteiger partial charge in [-0.1, -0.05) is 31.9 Å². The topological polar surface area (TPSA) is 15.3 Å². The van der Waals surface area contributed by atoms with Gasteiger partial charge in [0.25, 0.3) is 0 Å². The third-order valence-corrected chi connectivity index (χ3v) is 4.05. The number of rotatable bonds is 5. The van der Waals surface area contributed by atoms with E-state index >= 15 is 0 Å². The summed E-state index contributed by atoms with van der Waals surface area (Å²) in [6, 6.07) is 6.28. The molecule has 18 heavy (non-hydrogen) atoms. The number of anilines is 1. The molecule has 1 N–H and O–H groups in total. The Morgan fingerprint density at radius 1 is 1.39 bits per heavy atom. The third kappa shape index (κ3) is 3.18. The highest BCUT2D eigenvalue weighted by Crippen LogP contribution is 2.30. The van der Waals surface area contributed by atoms with Gasteiger partial charge in [-0.15, -0.1) is 0 Å². The lowest BCUT2D eigenvalue weighted by Crippen LogP contribution is -2.22. The van der Waals surface area contributed by atoms with E-state index in [9.17, 15) is 0 Å². The summed E-state index contributed by atoms with van der Waals surface area (Å²) in [6.07, 6.45) is 2.60. The van der Waals surface area contributed by atoms with Crippen LogP contribution in [-0.4, -0.2) is 19.6 Å². The van der Waals surface area contributed by atoms with Gasteiger partial charge in [0.1, 0.15) is 0 Å². The SMILES string of the molecule is CCNCc1cc(Cl)ccc1N1CCC(CC)C1. The van der Waals surface area contributed by atoms with Crippen LogP contribution in [0.2, 0.25) is 5.02 Å². The zero-order valence-corrected chi connectivity index (χ0v) is 12.1. The van der Waals surface area contributed by atoms with Crippen LogP contribution in [-0.2, 0) is 6.54 Å². The maximum atomic E-state index is 6.11. The summed E-state index contributed by atoms with van der Waals surface area (Å²) in [4.78, 5) is 2.51. The van der Waals surface area contributed by atoms with Crippen LogP contribution in [0.25, 0.3) is 0 Å². The van der Waals surface area contributed by atoms with Gasteiger partial charge >= 0.3 is 0 Å². The highest BCUT2D eigenvalue weighted by Gasteiger charge is 2.22. The van der Waals surface area contributed by atoms with Crippen LogP contribution < -0.4 is 10.2 Å². The molecule has 1 heterocycles. The predicted molar refractivity (Wildman–Crippen MR) is 79.4 cm³/mol. The highest BCUT2D eigenvalue weighted by atomic mass is 35.5. The van der Waals surface area contributed by atoms with Crippen molar-refractivity contribution in [2.24, 2.45) is 5.92 Å². The van der Waals surface area contributed by atoms with E-state index < -0.39 is 0 Å². The zero-order valence-electron chi connectivity index (χ0n) is 11.4. The molecular formula is C15H23ClN2. The van der Waals surface area contributed by atoms with Gasteiger partial charge in [-0.25, -0.2) is 0 Å². The molecule has 1 aliphatic rings. The molecule has 1 unspecified atom stereocenters. The molecular weight excluding hydrogens is 244 g/mol. The van der Waals surface area contributed by atoms with Crippen molar-refractivity contribution in [3.05, 3.63) is 28.8 Å². The van der Waals surface area contributed by atoms with Gasteiger partial charge < -0.3 is 10.2 Å². The highest BCUT2D eigenvalue weighted by molar-refractivity contribution is 6.30. The molecule has 1 atom stereocenters. The summed E-state index contributed by atoms with van der Waals surface area (Å²) < 4.78 is 0. The molecule has 2 nitrogen and oxygen atoms in total. The molecule has 1 saturated heterocycles. The maximum Gasteiger partial charge on any atom is 0.0412 e. The summed E-state index contributed by atoms with van der Waals surface area (Å²) in [5.74, 6) is 0.854. The minimum atomic E-state index is 0.831. The number of nitrogens with zero attached hydrogens (tertiary/aromatic N) is 1. The molecule has 0 spiro atoms. The largest absolute Gasteiger partial charge is 0.371 e. The standard InChI is InChI=1S/C15H23ClN2/c1-3-12-7-8-18(11-12)15-6-5-14(16)9-13(15)10-17-4-2/h5-6,9,12,17H,3-4,7-8,10-11H2,1-2H3. The average molecular weight is 267 g/mol. The van der Waals surface area contributed by atoms with Crippen LogP contribution in [0.1, 0.15) is 32.3 Å². The van der Waals surface area contributed by atoms with E-state index in [1.54, 1.807) is 0 Å². The summed E-state index contributed by atoms with van der Waals surface area (Å²) in [5, 5.41) is 4.23. The van der Waals surface area contributed by atoms with Gasteiger partial charge in [-0.2, -0.15) is 0 Å². The molecule has 1 aliphatic heterocycles. The number of hydrogen-bond donors (Lipinski definition) is 1. The first kappa shape index (κ1) is 13.7. The van der Waals surface area contributed by atoms with Crippen LogP contribution in [0.5, 0.6) is 0 Å². The van der Waals surface area contributed by atoms with E-state index in [1.807, 2.05) is 6.07 Å². The Morgan fingerprint density at radius 3 is 2.89 bits per heavy atom. The fraction of sp³-hybridized carbons (Fsp3) is 0.600. The second kappa shape index (κ2) is 6.44. The summed E-state index contributed by atoms with van der Waals surface area (Å²) in [6.45, 7) is 8.68. The van der Waals surface area contributed by atoms with Crippen molar-refractivity contribution >= 4 is 17.3 Å². The first-order valence-electron chi connectivity index (χ1n) is 6.98. The Morgan fingerprint density at radius 2 is 2.22 bits per heavy atom. The summed E-state index contributed by atoms with van der Waals surface area (Å²) in [5.41, 5.74) is 2.68. The maximum absolute atomic E-state index is 6.11. The van der Waals surface area contributed by atoms with Gasteiger partial charge in [0.2, 0.25) is 0 Å². The van der Waals surface area contributed by atoms with Gasteiger partial charge in [0, 0.05) is 30.3 Å². The minimum absolute atomic E-state index is 0.831. The summed E-state index contributed by atoms with van der Waals surface area (Å²) >= 11 is 6.11. The fourth-order valence-electron chi connectivity index (χ4n) is 2.65. The second-order valence-corrected chi connectivity index (χ2v) is 5.50. The second-order valence-electron chi connectivity index (χ2n) is 5.06. The quantitative estimate of drug-likeness (QED) is 0.875. The van der Waals surface area contributed by atoms with Crippen LogP contribution in [0, 0.1) is 5.92 Å². The van der Waals surface area contributed by atoms with Crippen LogP contribution >= 0.6 is 11.6 Å². The van der Waals surface area contributed by atoms with E-state index in [0.717, 1.165) is 24.0 Å². The molecule has 100 valence electrons. The van der Waals surface area contributed by atoms with E-state index in [0.29, 0.717) is 0 Å². The van der Waals surface area contributed by atoms with E-state index in [2.05, 4.69) is 36.2 Å². The van der Waals surface area contributed by atoms with Gasteiger partial charge in [-0.3, -0.25) is 0 Å². The lowest BCUT2D eigenvalue weighted by atomic mass is 10.1. The molecule has 0 aromatic heterocycles. The normalized spacial score (nSPS) is 19.5. The van der Waals surface area contributed by atoms with Crippen molar-refractivity contribution in [1.29, 1.82) is 0 Å². The van der Waals surface area contributed by atoms with Crippen molar-refractivity contribution in [3.63, 3.8) is 0 Å². The summed E-state index contributed by atoms with van der Waals surface area (Å²) in [7, 11) is 0. The van der Waals surface area contributed by atoms with E-state index in [-0.39, 0.29) is 0 Å². The number of benzene rings is 1. The Labute approximate surface area is 115 Å². The average Bonchev–Trinajstić information content (AvgIpc) is 2.85. The molecule has 0 saturated carbocycles. The Hall–Kier alpha value is -0.730. The fourth-order valence-corrected chi connectivity index (χ4v) is 2.84. The van der Waals surface area contributed by atoms with Crippen LogP contribution in [0.15, 0.2) is 18.2 Å². The van der Waals surface area contributed by atoms with Crippen molar-refractivity contribution in [2.75, 3.05) is 24.5 Å². The van der Waals surface area contributed by atoms with E-state index in [4.69, 9.17) is 11.6 Å². The lowest BCUT2D eigenvalue weighted by molar-refractivity contribution is 0.569. The molecule has 1 fully saturated rings. The monoisotopic (exact) mass is 266 g/mol.